The van der Waals surface area contributed by atoms with E-state index in [1.807, 2.05) is 21.1 Å². The number of allylic oxidation sites excluding steroid dienone is 2. The van der Waals surface area contributed by atoms with Gasteiger partial charge in [-0.3, -0.25) is 9.36 Å². The lowest BCUT2D eigenvalue weighted by atomic mass is 10.0. The first kappa shape index (κ1) is 69.2. The number of hydrogen-bond donors (Lipinski definition) is 2. The van der Waals surface area contributed by atoms with Crippen molar-refractivity contribution in [2.45, 2.75) is 334 Å². The summed E-state index contributed by atoms with van der Waals surface area (Å²) < 4.78 is 23.5. The molecule has 0 aliphatic carbocycles. The smallest absolute Gasteiger partial charge is 0.268 e. The Labute approximate surface area is 437 Å². The van der Waals surface area contributed by atoms with Crippen LogP contribution in [0.4, 0.5) is 0 Å². The molecular weight excluding hydrogens is 888 g/mol. The number of phosphoric acid groups is 1. The van der Waals surface area contributed by atoms with Crippen LogP contribution >= 0.6 is 7.82 Å². The highest BCUT2D eigenvalue weighted by atomic mass is 31.2. The molecule has 0 saturated heterocycles. The fourth-order valence-corrected chi connectivity index (χ4v) is 10.4. The van der Waals surface area contributed by atoms with Crippen molar-refractivity contribution in [3.8, 4) is 0 Å². The fourth-order valence-electron chi connectivity index (χ4n) is 9.63. The van der Waals surface area contributed by atoms with Crippen LogP contribution < -0.4 is 10.2 Å². The SMILES string of the molecule is CCCCCCCCCCCCCC/C=C\CCCCCCCCCCCC(=O)NC(COP(=O)([O-])OCC[N+](C)(C)C)C(O)CCCCCCCCCCCCCCCCCCCCCCCCC. The van der Waals surface area contributed by atoms with E-state index >= 15 is 0 Å². The van der Waals surface area contributed by atoms with Crippen LogP contribution in [0.25, 0.3) is 0 Å². The maximum absolute atomic E-state index is 13.0. The molecule has 3 atom stereocenters. The summed E-state index contributed by atoms with van der Waals surface area (Å²) in [4.78, 5) is 25.6. The Morgan fingerprint density at radius 1 is 0.486 bits per heavy atom. The van der Waals surface area contributed by atoms with Crippen molar-refractivity contribution in [2.24, 2.45) is 0 Å². The second-order valence-electron chi connectivity index (χ2n) is 22.8. The van der Waals surface area contributed by atoms with E-state index in [2.05, 4.69) is 31.3 Å². The summed E-state index contributed by atoms with van der Waals surface area (Å²) in [7, 11) is 1.32. The van der Waals surface area contributed by atoms with Gasteiger partial charge in [0.25, 0.3) is 7.82 Å². The Morgan fingerprint density at radius 3 is 1.11 bits per heavy atom. The summed E-state index contributed by atoms with van der Waals surface area (Å²) >= 11 is 0. The first-order valence-corrected chi connectivity index (χ1v) is 32.5. The molecule has 0 aliphatic heterocycles. The largest absolute Gasteiger partial charge is 0.756 e. The highest BCUT2D eigenvalue weighted by Gasteiger charge is 2.24. The minimum absolute atomic E-state index is 0.0144. The molecule has 0 aliphatic rings. The predicted octanol–water partition coefficient (Wildman–Crippen LogP) is 18.4. The van der Waals surface area contributed by atoms with Gasteiger partial charge in [0.15, 0.2) is 0 Å². The van der Waals surface area contributed by atoms with Gasteiger partial charge in [-0.05, 0) is 38.5 Å². The third kappa shape index (κ3) is 55.0. The Kier molecular flexibility index (Phi) is 52.5. The van der Waals surface area contributed by atoms with Crippen molar-refractivity contribution >= 4 is 13.7 Å². The van der Waals surface area contributed by atoms with Crippen LogP contribution in [0, 0.1) is 0 Å². The number of amides is 1. The molecule has 0 saturated carbocycles. The molecule has 0 bridgehead atoms. The van der Waals surface area contributed by atoms with Crippen LogP contribution in [-0.4, -0.2) is 68.5 Å². The van der Waals surface area contributed by atoms with Crippen molar-refractivity contribution in [3.05, 3.63) is 12.2 Å². The first-order chi connectivity index (χ1) is 34.0. The summed E-state index contributed by atoms with van der Waals surface area (Å²) in [5.74, 6) is -0.160. The lowest BCUT2D eigenvalue weighted by Crippen LogP contribution is -2.46. The van der Waals surface area contributed by atoms with Gasteiger partial charge in [0.05, 0.1) is 39.9 Å². The van der Waals surface area contributed by atoms with Crippen LogP contribution in [-0.2, 0) is 18.4 Å². The summed E-state index contributed by atoms with van der Waals surface area (Å²) in [5.41, 5.74) is 0. The van der Waals surface area contributed by atoms with Gasteiger partial charge in [0.1, 0.15) is 13.2 Å². The van der Waals surface area contributed by atoms with Crippen LogP contribution in [0.2, 0.25) is 0 Å². The topological polar surface area (TPSA) is 108 Å². The number of phosphoric ester groups is 1. The molecule has 70 heavy (non-hydrogen) atoms. The molecule has 0 radical (unpaired) electrons. The van der Waals surface area contributed by atoms with E-state index in [0.717, 1.165) is 38.5 Å². The quantitative estimate of drug-likeness (QED) is 0.0272. The molecule has 8 nitrogen and oxygen atoms in total. The summed E-state index contributed by atoms with van der Waals surface area (Å²) in [6.07, 6.45) is 65.4. The molecule has 0 fully saturated rings. The van der Waals surface area contributed by atoms with E-state index in [1.165, 1.54) is 257 Å². The minimum Gasteiger partial charge on any atom is -0.756 e. The van der Waals surface area contributed by atoms with Gasteiger partial charge in [0.2, 0.25) is 5.91 Å². The van der Waals surface area contributed by atoms with Crippen molar-refractivity contribution in [2.75, 3.05) is 40.9 Å². The van der Waals surface area contributed by atoms with E-state index in [-0.39, 0.29) is 19.1 Å². The summed E-state index contributed by atoms with van der Waals surface area (Å²) in [5, 5.41) is 14.1. The van der Waals surface area contributed by atoms with Crippen LogP contribution in [0.1, 0.15) is 322 Å². The van der Waals surface area contributed by atoms with Gasteiger partial charge in [-0.25, -0.2) is 0 Å². The monoisotopic (exact) mass is 1010 g/mol. The number of likely N-dealkylation sites (N-methyl/N-ethyl adjacent to an activating group) is 1. The molecular formula is C61H123N2O6P. The average Bonchev–Trinajstić information content (AvgIpc) is 3.32. The zero-order valence-corrected chi connectivity index (χ0v) is 48.6. The molecule has 9 heteroatoms. The number of aliphatic hydroxyl groups is 1. The van der Waals surface area contributed by atoms with E-state index in [0.29, 0.717) is 23.9 Å². The van der Waals surface area contributed by atoms with Gasteiger partial charge < -0.3 is 28.8 Å². The number of carbonyl (C=O) groups excluding carboxylic acids is 1. The molecule has 0 aromatic rings. The highest BCUT2D eigenvalue weighted by molar-refractivity contribution is 7.45. The molecule has 0 rings (SSSR count). The average molecular weight is 1010 g/mol. The van der Waals surface area contributed by atoms with Crippen molar-refractivity contribution in [1.29, 1.82) is 0 Å². The van der Waals surface area contributed by atoms with Crippen molar-refractivity contribution in [3.63, 3.8) is 0 Å². The van der Waals surface area contributed by atoms with E-state index in [4.69, 9.17) is 9.05 Å². The maximum Gasteiger partial charge on any atom is 0.268 e. The molecule has 1 amide bonds. The van der Waals surface area contributed by atoms with Gasteiger partial charge in [-0.2, -0.15) is 0 Å². The molecule has 2 N–H and O–H groups in total. The second kappa shape index (κ2) is 53.1. The lowest BCUT2D eigenvalue weighted by Gasteiger charge is -2.30. The van der Waals surface area contributed by atoms with Crippen LogP contribution in [0.3, 0.4) is 0 Å². The normalized spacial score (nSPS) is 13.9. The molecule has 3 unspecified atom stereocenters. The first-order valence-electron chi connectivity index (χ1n) is 31.0. The number of aliphatic hydroxyl groups excluding tert-OH is 1. The van der Waals surface area contributed by atoms with Gasteiger partial charge in [-0.1, -0.05) is 289 Å². The van der Waals surface area contributed by atoms with Crippen molar-refractivity contribution in [1.82, 2.24) is 5.32 Å². The van der Waals surface area contributed by atoms with E-state index in [9.17, 15) is 19.4 Å². The van der Waals surface area contributed by atoms with Crippen LogP contribution in [0.15, 0.2) is 12.2 Å². The number of hydrogen-bond acceptors (Lipinski definition) is 6. The molecule has 418 valence electrons. The Morgan fingerprint density at radius 2 is 0.786 bits per heavy atom. The lowest BCUT2D eigenvalue weighted by molar-refractivity contribution is -0.870. The third-order valence-corrected chi connectivity index (χ3v) is 15.5. The van der Waals surface area contributed by atoms with Crippen LogP contribution in [0.5, 0.6) is 0 Å². The van der Waals surface area contributed by atoms with Gasteiger partial charge in [0, 0.05) is 6.42 Å². The number of nitrogens with zero attached hydrogens (tertiary/aromatic N) is 1. The fraction of sp³-hybridized carbons (Fsp3) is 0.951. The Hall–Kier alpha value is -0.760. The van der Waals surface area contributed by atoms with Crippen molar-refractivity contribution < 1.29 is 32.9 Å². The maximum atomic E-state index is 13.0. The molecule has 0 aromatic heterocycles. The molecule has 0 spiro atoms. The predicted molar refractivity (Wildman–Crippen MR) is 302 cm³/mol. The van der Waals surface area contributed by atoms with E-state index < -0.39 is 20.0 Å². The molecule has 0 heterocycles. The number of carbonyl (C=O) groups is 1. The third-order valence-electron chi connectivity index (χ3n) is 14.5. The number of quaternary nitrogens is 1. The second-order valence-corrected chi connectivity index (χ2v) is 24.2. The minimum atomic E-state index is -4.57. The zero-order chi connectivity index (χ0) is 51.3. The summed E-state index contributed by atoms with van der Waals surface area (Å²) in [6, 6.07) is -0.800. The number of rotatable bonds is 58. The van der Waals surface area contributed by atoms with Gasteiger partial charge >= 0.3 is 0 Å². The zero-order valence-electron chi connectivity index (χ0n) is 47.8. The Bertz CT molecular complexity index is 1150. The summed E-state index contributed by atoms with van der Waals surface area (Å²) in [6.45, 7) is 4.78. The molecule has 0 aromatic carbocycles. The highest BCUT2D eigenvalue weighted by Crippen LogP contribution is 2.38. The number of nitrogens with one attached hydrogen (secondary N) is 1. The standard InChI is InChI=1S/C61H123N2O6P/c1-6-8-10-12-14-16-18-20-22-24-26-28-30-31-33-35-37-39-41-43-45-47-49-51-53-55-61(65)62-59(58-69-70(66,67)68-57-56-63(3,4)5)60(64)54-52-50-48-46-44-42-40-38-36-34-32-29-27-25-23-21-19-17-15-13-11-9-7-2/h31,33,59-60,64H,6-30,32,34-58H2,1-5H3,(H-,62,65,66,67)/b33-31-. The van der Waals surface area contributed by atoms with Gasteiger partial charge in [-0.15, -0.1) is 0 Å². The van der Waals surface area contributed by atoms with E-state index in [1.54, 1.807) is 0 Å². The Balaban J connectivity index is 4.10. The number of unbranched alkanes of at least 4 members (excludes halogenated alkanes) is 43.